The number of nitrogens with one attached hydrogen (secondary N) is 1. The molecule has 4 fully saturated rings. The summed E-state index contributed by atoms with van der Waals surface area (Å²) >= 11 is 0. The number of carbonyl (C=O) groups is 1. The fourth-order valence-corrected chi connectivity index (χ4v) is 5.08. The zero-order valence-electron chi connectivity index (χ0n) is 11.7. The van der Waals surface area contributed by atoms with E-state index in [1.54, 1.807) is 0 Å². The lowest BCUT2D eigenvalue weighted by atomic mass is 9.53. The Labute approximate surface area is 110 Å². The van der Waals surface area contributed by atoms with Crippen molar-refractivity contribution in [1.82, 2.24) is 10.2 Å². The Morgan fingerprint density at radius 1 is 1.06 bits per heavy atom. The van der Waals surface area contributed by atoms with Crippen molar-refractivity contribution in [3.8, 4) is 0 Å². The summed E-state index contributed by atoms with van der Waals surface area (Å²) in [6, 6.07) is 0.168. The Bertz CT molecular complexity index is 300. The third kappa shape index (κ3) is 2.02. The molecule has 0 atom stereocenters. The van der Waals surface area contributed by atoms with Gasteiger partial charge in [-0.2, -0.15) is 0 Å². The van der Waals surface area contributed by atoms with Crippen LogP contribution in [0.1, 0.15) is 52.4 Å². The van der Waals surface area contributed by atoms with Crippen molar-refractivity contribution in [1.29, 1.82) is 0 Å². The summed E-state index contributed by atoms with van der Waals surface area (Å²) in [6.07, 6.45) is 8.02. The highest BCUT2D eigenvalue weighted by Gasteiger charge is 2.51. The van der Waals surface area contributed by atoms with Gasteiger partial charge >= 0.3 is 6.03 Å². The fourth-order valence-electron chi connectivity index (χ4n) is 5.08. The Balaban J connectivity index is 1.70. The van der Waals surface area contributed by atoms with E-state index in [2.05, 4.69) is 19.2 Å². The SMILES string of the molecule is CCN(CC)C(=O)NC12CC3CC(CC(C3)C1)C2. The highest BCUT2D eigenvalue weighted by atomic mass is 16.2. The third-order valence-electron chi connectivity index (χ3n) is 5.46. The molecule has 0 aromatic carbocycles. The Kier molecular flexibility index (Phi) is 3.03. The van der Waals surface area contributed by atoms with Gasteiger partial charge in [0.1, 0.15) is 0 Å². The number of urea groups is 1. The molecule has 0 saturated heterocycles. The summed E-state index contributed by atoms with van der Waals surface area (Å²) in [5.41, 5.74) is 0.161. The molecule has 0 heterocycles. The number of rotatable bonds is 3. The molecule has 3 nitrogen and oxygen atoms in total. The minimum atomic E-state index is 0.161. The second kappa shape index (κ2) is 4.43. The number of carbonyl (C=O) groups excluding carboxylic acids is 1. The average Bonchev–Trinajstić information content (AvgIpc) is 2.27. The van der Waals surface area contributed by atoms with E-state index in [1.165, 1.54) is 38.5 Å². The zero-order chi connectivity index (χ0) is 12.8. The predicted octanol–water partition coefficient (Wildman–Crippen LogP) is 3.01. The van der Waals surface area contributed by atoms with Crippen LogP contribution in [0.4, 0.5) is 4.79 Å². The van der Waals surface area contributed by atoms with Gasteiger partial charge in [0, 0.05) is 18.6 Å². The largest absolute Gasteiger partial charge is 0.333 e. The smallest absolute Gasteiger partial charge is 0.317 e. The molecule has 0 unspecified atom stereocenters. The van der Waals surface area contributed by atoms with Crippen molar-refractivity contribution in [3.63, 3.8) is 0 Å². The van der Waals surface area contributed by atoms with E-state index in [0.717, 1.165) is 30.8 Å². The lowest BCUT2D eigenvalue weighted by Crippen LogP contribution is -2.61. The van der Waals surface area contributed by atoms with Gasteiger partial charge in [-0.15, -0.1) is 0 Å². The molecule has 4 bridgehead atoms. The van der Waals surface area contributed by atoms with E-state index in [9.17, 15) is 4.79 Å². The molecule has 0 spiro atoms. The molecule has 3 heteroatoms. The third-order valence-corrected chi connectivity index (χ3v) is 5.46. The van der Waals surface area contributed by atoms with E-state index in [1.807, 2.05) is 4.90 Å². The monoisotopic (exact) mass is 250 g/mol. The molecule has 102 valence electrons. The molecule has 4 aliphatic carbocycles. The van der Waals surface area contributed by atoms with Crippen molar-refractivity contribution >= 4 is 6.03 Å². The zero-order valence-corrected chi connectivity index (χ0v) is 11.7. The lowest BCUT2D eigenvalue weighted by Gasteiger charge is -2.57. The van der Waals surface area contributed by atoms with Gasteiger partial charge in [-0.25, -0.2) is 4.79 Å². The Hall–Kier alpha value is -0.730. The number of hydrogen-bond acceptors (Lipinski definition) is 1. The van der Waals surface area contributed by atoms with Crippen LogP contribution in [0.15, 0.2) is 0 Å². The Morgan fingerprint density at radius 2 is 1.50 bits per heavy atom. The molecule has 0 aromatic rings. The quantitative estimate of drug-likeness (QED) is 0.820. The molecule has 1 N–H and O–H groups in total. The predicted molar refractivity (Wildman–Crippen MR) is 72.4 cm³/mol. The van der Waals surface area contributed by atoms with Crippen molar-refractivity contribution in [2.45, 2.75) is 57.9 Å². The molecule has 4 rings (SSSR count). The maximum atomic E-state index is 12.3. The lowest BCUT2D eigenvalue weighted by molar-refractivity contribution is -0.0155. The first-order chi connectivity index (χ1) is 8.64. The second-order valence-electron chi connectivity index (χ2n) is 6.80. The highest BCUT2D eigenvalue weighted by molar-refractivity contribution is 5.75. The second-order valence-corrected chi connectivity index (χ2v) is 6.80. The van der Waals surface area contributed by atoms with Crippen LogP contribution in [0.5, 0.6) is 0 Å². The molecule has 4 aliphatic rings. The summed E-state index contributed by atoms with van der Waals surface area (Å²) in [5, 5.41) is 3.41. The van der Waals surface area contributed by atoms with Crippen LogP contribution in [-0.2, 0) is 0 Å². The molecule has 2 amide bonds. The molecule has 0 aliphatic heterocycles. The topological polar surface area (TPSA) is 32.3 Å². The van der Waals surface area contributed by atoms with Crippen molar-refractivity contribution in [3.05, 3.63) is 0 Å². The summed E-state index contributed by atoms with van der Waals surface area (Å²) in [5.74, 6) is 2.69. The summed E-state index contributed by atoms with van der Waals surface area (Å²) in [6.45, 7) is 5.74. The van der Waals surface area contributed by atoms with E-state index < -0.39 is 0 Å². The van der Waals surface area contributed by atoms with E-state index in [-0.39, 0.29) is 11.6 Å². The first-order valence-corrected chi connectivity index (χ1v) is 7.71. The van der Waals surface area contributed by atoms with E-state index >= 15 is 0 Å². The van der Waals surface area contributed by atoms with Crippen molar-refractivity contribution in [2.24, 2.45) is 17.8 Å². The molecule has 0 aromatic heterocycles. The summed E-state index contributed by atoms with van der Waals surface area (Å²) in [4.78, 5) is 14.2. The minimum Gasteiger partial charge on any atom is -0.333 e. The van der Waals surface area contributed by atoms with Gasteiger partial charge in [0.25, 0.3) is 0 Å². The average molecular weight is 250 g/mol. The number of hydrogen-bond donors (Lipinski definition) is 1. The minimum absolute atomic E-state index is 0.161. The first-order valence-electron chi connectivity index (χ1n) is 7.71. The van der Waals surface area contributed by atoms with E-state index in [0.29, 0.717) is 0 Å². The van der Waals surface area contributed by atoms with Crippen molar-refractivity contribution in [2.75, 3.05) is 13.1 Å². The van der Waals surface area contributed by atoms with Crippen LogP contribution in [0.2, 0.25) is 0 Å². The first kappa shape index (κ1) is 12.3. The van der Waals surface area contributed by atoms with Crippen LogP contribution in [-0.4, -0.2) is 29.6 Å². The maximum Gasteiger partial charge on any atom is 0.317 e. The van der Waals surface area contributed by atoms with Gasteiger partial charge in [-0.3, -0.25) is 0 Å². The van der Waals surface area contributed by atoms with Gasteiger partial charge in [-0.1, -0.05) is 0 Å². The molecular formula is C15H26N2O. The summed E-state index contributed by atoms with van der Waals surface area (Å²) < 4.78 is 0. The van der Waals surface area contributed by atoms with Gasteiger partial charge in [0.05, 0.1) is 0 Å². The standard InChI is InChI=1S/C15H26N2O/c1-3-17(4-2)14(18)16-15-8-11-5-12(9-15)7-13(6-11)10-15/h11-13H,3-10H2,1-2H3,(H,16,18). The van der Waals surface area contributed by atoms with Crippen LogP contribution < -0.4 is 5.32 Å². The van der Waals surface area contributed by atoms with Crippen molar-refractivity contribution < 1.29 is 4.79 Å². The van der Waals surface area contributed by atoms with Gasteiger partial charge in [0.2, 0.25) is 0 Å². The Morgan fingerprint density at radius 3 is 1.89 bits per heavy atom. The molecule has 4 saturated carbocycles. The van der Waals surface area contributed by atoms with E-state index in [4.69, 9.17) is 0 Å². The number of nitrogens with zero attached hydrogens (tertiary/aromatic N) is 1. The van der Waals surface area contributed by atoms with Crippen LogP contribution in [0.3, 0.4) is 0 Å². The number of amides is 2. The molecular weight excluding hydrogens is 224 g/mol. The van der Waals surface area contributed by atoms with Gasteiger partial charge in [0.15, 0.2) is 0 Å². The highest BCUT2D eigenvalue weighted by Crippen LogP contribution is 2.55. The van der Waals surface area contributed by atoms with Crippen LogP contribution in [0.25, 0.3) is 0 Å². The molecule has 18 heavy (non-hydrogen) atoms. The molecule has 0 radical (unpaired) electrons. The normalized spacial score (nSPS) is 40.9. The van der Waals surface area contributed by atoms with Crippen LogP contribution >= 0.6 is 0 Å². The fraction of sp³-hybridized carbons (Fsp3) is 0.933. The van der Waals surface area contributed by atoms with Gasteiger partial charge in [-0.05, 0) is 70.1 Å². The van der Waals surface area contributed by atoms with Gasteiger partial charge < -0.3 is 10.2 Å². The summed E-state index contributed by atoms with van der Waals surface area (Å²) in [7, 11) is 0. The maximum absolute atomic E-state index is 12.3. The van der Waals surface area contributed by atoms with Crippen LogP contribution in [0, 0.1) is 17.8 Å².